The molecule has 11 nitrogen and oxygen atoms in total. The molecule has 5 heterocycles. The summed E-state index contributed by atoms with van der Waals surface area (Å²) >= 11 is 0. The van der Waals surface area contributed by atoms with E-state index in [-0.39, 0.29) is 37.0 Å². The number of para-hydroxylation sites is 3. The van der Waals surface area contributed by atoms with Crippen molar-refractivity contribution in [2.24, 2.45) is 17.3 Å². The number of hydrogen-bond donors (Lipinski definition) is 1. The third-order valence-electron chi connectivity index (χ3n) is 13.1. The van der Waals surface area contributed by atoms with Gasteiger partial charge in [0.25, 0.3) is 0 Å². The highest BCUT2D eigenvalue weighted by Crippen LogP contribution is 2.58. The Kier molecular flexibility index (Phi) is 8.71. The van der Waals surface area contributed by atoms with Crippen LogP contribution in [0.15, 0.2) is 65.1 Å². The molecule has 55 heavy (non-hydrogen) atoms. The fourth-order valence-electron chi connectivity index (χ4n) is 9.33. The molecule has 3 fully saturated rings. The summed E-state index contributed by atoms with van der Waals surface area (Å²) in [5.41, 5.74) is 2.10. The average Bonchev–Trinajstić information content (AvgIpc) is 3.99. The Hall–Kier alpha value is -4.58. The van der Waals surface area contributed by atoms with Gasteiger partial charge in [-0.3, -0.25) is 19.1 Å². The Balaban J connectivity index is 1.07. The van der Waals surface area contributed by atoms with Crippen LogP contribution in [0, 0.1) is 24.2 Å². The van der Waals surface area contributed by atoms with Crippen molar-refractivity contribution in [2.45, 2.75) is 114 Å². The predicted molar refractivity (Wildman–Crippen MR) is 207 cm³/mol. The van der Waals surface area contributed by atoms with E-state index in [0.717, 1.165) is 53.4 Å². The second-order valence-electron chi connectivity index (χ2n) is 17.0. The van der Waals surface area contributed by atoms with Gasteiger partial charge in [0.1, 0.15) is 16.9 Å². The fraction of sp³-hybridized carbons (Fsp3) is 0.512. The molecule has 5 atom stereocenters. The van der Waals surface area contributed by atoms with Crippen LogP contribution >= 0.6 is 0 Å². The van der Waals surface area contributed by atoms with Gasteiger partial charge in [0.05, 0.1) is 34.0 Å². The lowest BCUT2D eigenvalue weighted by Gasteiger charge is -2.36. The van der Waals surface area contributed by atoms with Gasteiger partial charge in [-0.25, -0.2) is 18.4 Å². The van der Waals surface area contributed by atoms with Gasteiger partial charge in [-0.05, 0) is 89.3 Å². The molecule has 2 saturated carbocycles. The Morgan fingerprint density at radius 3 is 2.56 bits per heavy atom. The third-order valence-corrected chi connectivity index (χ3v) is 15.3. The second-order valence-corrected chi connectivity index (χ2v) is 19.2. The monoisotopic (exact) mass is 764 g/mol. The van der Waals surface area contributed by atoms with Gasteiger partial charge in [-0.1, -0.05) is 55.3 Å². The number of hydrogen-bond acceptors (Lipinski definition) is 9. The van der Waals surface area contributed by atoms with Crippen LogP contribution in [0.2, 0.25) is 0 Å². The number of carbonyl (C=O) groups excluding carboxylic acids is 3. The molecule has 288 valence electrons. The van der Waals surface area contributed by atoms with Crippen LogP contribution in [0.4, 0.5) is 0 Å². The number of rotatable bonds is 5. The molecule has 1 spiro atoms. The topological polar surface area (TPSA) is 149 Å². The minimum absolute atomic E-state index is 0.150. The molecule has 9 rings (SSSR count). The van der Waals surface area contributed by atoms with Crippen molar-refractivity contribution in [3.63, 3.8) is 0 Å². The molecule has 0 unspecified atom stereocenters. The average molecular weight is 765 g/mol. The number of ether oxygens (including phenoxy) is 1. The summed E-state index contributed by atoms with van der Waals surface area (Å²) in [4.78, 5) is 55.2. The van der Waals surface area contributed by atoms with Gasteiger partial charge in [0.15, 0.2) is 17.3 Å². The summed E-state index contributed by atoms with van der Waals surface area (Å²) < 4.78 is 41.0. The Morgan fingerprint density at radius 2 is 1.76 bits per heavy atom. The van der Waals surface area contributed by atoms with E-state index in [2.05, 4.69) is 16.9 Å². The molecule has 2 aromatic heterocycles. The van der Waals surface area contributed by atoms with E-state index in [4.69, 9.17) is 19.1 Å². The maximum atomic E-state index is 15.0. The maximum Gasteiger partial charge on any atom is 0.240 e. The number of fused-ring (bicyclic) bond motifs is 6. The number of allylic oxidation sites excluding steroid dienone is 2. The number of sulfonamides is 1. The number of nitrogens with zero attached hydrogens (tertiary/aromatic N) is 3. The van der Waals surface area contributed by atoms with Crippen LogP contribution < -0.4 is 9.46 Å². The molecular weight excluding hydrogens is 717 g/mol. The minimum atomic E-state index is -3.91. The number of nitrogens with one attached hydrogen (secondary N) is 1. The zero-order valence-corrected chi connectivity index (χ0v) is 32.3. The van der Waals surface area contributed by atoms with Crippen LogP contribution in [0.5, 0.6) is 5.75 Å². The Labute approximate surface area is 321 Å². The highest BCUT2D eigenvalue weighted by molar-refractivity contribution is 7.91. The number of pyridine rings is 1. The molecular formula is C43H48N4O7S. The van der Waals surface area contributed by atoms with Crippen molar-refractivity contribution in [1.82, 2.24) is 19.6 Å². The third kappa shape index (κ3) is 6.43. The summed E-state index contributed by atoms with van der Waals surface area (Å²) in [6, 6.07) is 14.7. The molecule has 2 aliphatic carbocycles. The largest absolute Gasteiger partial charge is 0.483 e. The van der Waals surface area contributed by atoms with Gasteiger partial charge in [0.2, 0.25) is 21.8 Å². The van der Waals surface area contributed by atoms with E-state index < -0.39 is 43.7 Å². The summed E-state index contributed by atoms with van der Waals surface area (Å²) in [5.74, 6) is -0.585. The van der Waals surface area contributed by atoms with E-state index >= 15 is 4.79 Å². The molecule has 3 aliphatic heterocycles. The molecule has 0 radical (unpaired) electrons. The van der Waals surface area contributed by atoms with E-state index in [1.165, 1.54) is 0 Å². The zero-order valence-electron chi connectivity index (χ0n) is 31.5. The molecule has 1 N–H and O–H groups in total. The molecule has 1 saturated heterocycles. The van der Waals surface area contributed by atoms with E-state index in [1.807, 2.05) is 55.5 Å². The van der Waals surface area contributed by atoms with Crippen LogP contribution in [0.25, 0.3) is 22.0 Å². The van der Waals surface area contributed by atoms with Crippen molar-refractivity contribution in [2.75, 3.05) is 6.54 Å². The lowest BCUT2D eigenvalue weighted by molar-refractivity contribution is -0.142. The first kappa shape index (κ1) is 36.1. The Morgan fingerprint density at radius 1 is 0.982 bits per heavy atom. The number of aromatic nitrogens is 2. The van der Waals surface area contributed by atoms with Crippen molar-refractivity contribution in [3.05, 3.63) is 77.8 Å². The van der Waals surface area contributed by atoms with Crippen molar-refractivity contribution >= 4 is 49.6 Å². The summed E-state index contributed by atoms with van der Waals surface area (Å²) in [7, 11) is -3.91. The standard InChI is InChI=1S/C43H48N4O7S/c1-27-38-31(30-14-8-9-15-32(30)44-27)18-19-42(54-38)24-34-35(48)25-43(40(50)46-55(51,52)41(2)20-21-41)23-29(43)13-7-5-3-4-6-12-28(39(49)47(34)26-42)22-37-45-33-16-10-11-17-36(33)53-37/h7-11,13-17,28-29,34H,3-6,12,18-26H2,1-2H3,(H,46,50)/b13-7-/t28-,29-,34+,42-,43-/m1/s1. The smallest absolute Gasteiger partial charge is 0.240 e. The maximum absolute atomic E-state index is 15.0. The SMILES string of the molecule is Cc1nc2ccccc2c2c1O[C@]1(CC2)C[C@H]2C(=O)C[C@]3(C(=O)NS(=O)(=O)C4(C)CC4)C[C@H]3/C=C\CCCCC[C@H](Cc3nc4ccccc4o3)C(=O)N2C1. The highest BCUT2D eigenvalue weighted by Gasteiger charge is 2.63. The molecule has 4 aromatic rings. The van der Waals surface area contributed by atoms with Crippen molar-refractivity contribution < 1.29 is 32.0 Å². The molecule has 2 aromatic carbocycles. The molecule has 2 amide bonds. The van der Waals surface area contributed by atoms with E-state index in [0.29, 0.717) is 62.2 Å². The molecule has 0 bridgehead atoms. The van der Waals surface area contributed by atoms with Crippen molar-refractivity contribution in [1.29, 1.82) is 0 Å². The van der Waals surface area contributed by atoms with Crippen LogP contribution in [0.3, 0.4) is 0 Å². The first-order chi connectivity index (χ1) is 26.4. The first-order valence-corrected chi connectivity index (χ1v) is 21.4. The first-order valence-electron chi connectivity index (χ1n) is 19.9. The molecule has 12 heteroatoms. The lowest BCUT2D eigenvalue weighted by Crippen LogP contribution is -2.48. The van der Waals surface area contributed by atoms with Gasteiger partial charge in [0, 0.05) is 36.1 Å². The number of Topliss-reactive ketones (excluding diaryl/α,β-unsaturated/α-hetero) is 1. The lowest BCUT2D eigenvalue weighted by atomic mass is 9.85. The number of aryl methyl sites for hydroxylation is 2. The van der Waals surface area contributed by atoms with Gasteiger partial charge >= 0.3 is 0 Å². The van der Waals surface area contributed by atoms with Gasteiger partial charge < -0.3 is 14.1 Å². The highest BCUT2D eigenvalue weighted by atomic mass is 32.2. The normalized spacial score (nSPS) is 29.8. The minimum Gasteiger partial charge on any atom is -0.483 e. The van der Waals surface area contributed by atoms with Gasteiger partial charge in [-0.15, -0.1) is 0 Å². The van der Waals surface area contributed by atoms with Crippen molar-refractivity contribution in [3.8, 4) is 5.75 Å². The van der Waals surface area contributed by atoms with E-state index in [9.17, 15) is 18.0 Å². The number of amides is 2. The fourth-order valence-corrected chi connectivity index (χ4v) is 10.7. The number of carbonyl (C=O) groups is 3. The summed E-state index contributed by atoms with van der Waals surface area (Å²) in [6.07, 6.45) is 11.1. The number of ketones is 1. The van der Waals surface area contributed by atoms with Gasteiger partial charge in [-0.2, -0.15) is 0 Å². The Bertz CT molecular complexity index is 2330. The summed E-state index contributed by atoms with van der Waals surface area (Å²) in [6.45, 7) is 3.80. The number of oxazole rings is 1. The quantitative estimate of drug-likeness (QED) is 0.220. The van der Waals surface area contributed by atoms with Crippen LogP contribution in [-0.4, -0.2) is 63.8 Å². The zero-order chi connectivity index (χ0) is 38.2. The van der Waals surface area contributed by atoms with Crippen LogP contribution in [-0.2, 0) is 37.2 Å². The predicted octanol–water partition coefficient (Wildman–Crippen LogP) is 6.69. The second kappa shape index (κ2) is 13.3. The van der Waals surface area contributed by atoms with E-state index in [1.54, 1.807) is 11.8 Å². The number of benzene rings is 2. The van der Waals surface area contributed by atoms with Crippen LogP contribution in [0.1, 0.15) is 94.7 Å². The summed E-state index contributed by atoms with van der Waals surface area (Å²) in [5, 5.41) is 1.03. The molecule has 5 aliphatic rings.